The molecule has 0 bridgehead atoms. The number of nitrogens with two attached hydrogens (primary N) is 1. The zero-order chi connectivity index (χ0) is 11.0. The van der Waals surface area contributed by atoms with Crippen molar-refractivity contribution in [1.29, 1.82) is 0 Å². The minimum absolute atomic E-state index is 0.697. The third kappa shape index (κ3) is 1.69. The molecular formula is C15H15N. The SMILES string of the molecule is Nc1ccc([C@H]2CC2c2ccccc2)cc1. The van der Waals surface area contributed by atoms with Gasteiger partial charge in [-0.15, -0.1) is 0 Å². The van der Waals surface area contributed by atoms with Crippen LogP contribution < -0.4 is 5.73 Å². The molecule has 80 valence electrons. The van der Waals surface area contributed by atoms with Crippen molar-refractivity contribution in [2.75, 3.05) is 5.73 Å². The summed E-state index contributed by atoms with van der Waals surface area (Å²) >= 11 is 0. The second-order valence-corrected chi connectivity index (χ2v) is 4.53. The summed E-state index contributed by atoms with van der Waals surface area (Å²) in [5.74, 6) is 1.41. The summed E-state index contributed by atoms with van der Waals surface area (Å²) < 4.78 is 0. The quantitative estimate of drug-likeness (QED) is 0.752. The predicted molar refractivity (Wildman–Crippen MR) is 67.4 cm³/mol. The van der Waals surface area contributed by atoms with Gasteiger partial charge in [-0.2, -0.15) is 0 Å². The number of hydrogen-bond acceptors (Lipinski definition) is 1. The summed E-state index contributed by atoms with van der Waals surface area (Å²) in [5.41, 5.74) is 9.42. The van der Waals surface area contributed by atoms with Crippen molar-refractivity contribution in [3.05, 3.63) is 65.7 Å². The molecule has 16 heavy (non-hydrogen) atoms. The van der Waals surface area contributed by atoms with Crippen LogP contribution in [-0.4, -0.2) is 0 Å². The van der Waals surface area contributed by atoms with Crippen LogP contribution >= 0.6 is 0 Å². The molecule has 2 aromatic rings. The zero-order valence-corrected chi connectivity index (χ0v) is 9.14. The van der Waals surface area contributed by atoms with E-state index in [1.165, 1.54) is 17.5 Å². The minimum atomic E-state index is 0.697. The third-order valence-corrected chi connectivity index (χ3v) is 3.38. The van der Waals surface area contributed by atoms with Crippen LogP contribution in [0.5, 0.6) is 0 Å². The molecule has 0 saturated heterocycles. The standard InChI is InChI=1S/C15H15N/c16-13-8-6-12(7-9-13)15-10-14(15)11-4-2-1-3-5-11/h1-9,14-15H,10,16H2/t14?,15-/m1/s1. The second-order valence-electron chi connectivity index (χ2n) is 4.53. The molecule has 0 amide bonds. The number of anilines is 1. The highest BCUT2D eigenvalue weighted by Crippen LogP contribution is 2.54. The number of hydrogen-bond donors (Lipinski definition) is 1. The van der Waals surface area contributed by atoms with Gasteiger partial charge in [-0.05, 0) is 41.5 Å². The van der Waals surface area contributed by atoms with E-state index in [9.17, 15) is 0 Å². The van der Waals surface area contributed by atoms with E-state index in [0.717, 1.165) is 5.69 Å². The lowest BCUT2D eigenvalue weighted by Crippen LogP contribution is -1.87. The summed E-state index contributed by atoms with van der Waals surface area (Å²) in [6.45, 7) is 0. The Hall–Kier alpha value is -1.76. The fraction of sp³-hybridized carbons (Fsp3) is 0.200. The normalized spacial score (nSPS) is 23.0. The van der Waals surface area contributed by atoms with Gasteiger partial charge in [-0.25, -0.2) is 0 Å². The van der Waals surface area contributed by atoms with Gasteiger partial charge in [-0.1, -0.05) is 42.5 Å². The third-order valence-electron chi connectivity index (χ3n) is 3.38. The summed E-state index contributed by atoms with van der Waals surface area (Å²) in [6, 6.07) is 19.1. The fourth-order valence-corrected chi connectivity index (χ4v) is 2.38. The first-order valence-electron chi connectivity index (χ1n) is 5.75. The molecule has 2 N–H and O–H groups in total. The molecule has 1 fully saturated rings. The summed E-state index contributed by atoms with van der Waals surface area (Å²) in [4.78, 5) is 0. The maximum atomic E-state index is 5.69. The molecule has 1 saturated carbocycles. The Bertz CT molecular complexity index is 473. The highest BCUT2D eigenvalue weighted by atomic mass is 14.5. The van der Waals surface area contributed by atoms with Crippen LogP contribution in [0.4, 0.5) is 5.69 Å². The molecule has 1 heteroatoms. The molecule has 1 unspecified atom stereocenters. The first-order chi connectivity index (χ1) is 7.84. The Labute approximate surface area is 95.9 Å². The Morgan fingerprint density at radius 1 is 0.750 bits per heavy atom. The zero-order valence-electron chi connectivity index (χ0n) is 9.14. The van der Waals surface area contributed by atoms with Gasteiger partial charge in [-0.3, -0.25) is 0 Å². The van der Waals surface area contributed by atoms with Gasteiger partial charge in [0.25, 0.3) is 0 Å². The van der Waals surface area contributed by atoms with E-state index in [4.69, 9.17) is 5.73 Å². The van der Waals surface area contributed by atoms with Crippen LogP contribution in [0.3, 0.4) is 0 Å². The van der Waals surface area contributed by atoms with E-state index in [0.29, 0.717) is 11.8 Å². The average Bonchev–Trinajstić information content (AvgIpc) is 3.11. The Kier molecular flexibility index (Phi) is 2.17. The van der Waals surface area contributed by atoms with Crippen molar-refractivity contribution < 1.29 is 0 Å². The first-order valence-corrected chi connectivity index (χ1v) is 5.75. The minimum Gasteiger partial charge on any atom is -0.399 e. The Morgan fingerprint density at radius 3 is 1.94 bits per heavy atom. The Morgan fingerprint density at radius 2 is 1.31 bits per heavy atom. The molecule has 0 spiro atoms. The van der Waals surface area contributed by atoms with Gasteiger partial charge in [0, 0.05) is 5.69 Å². The van der Waals surface area contributed by atoms with Crippen molar-refractivity contribution >= 4 is 5.69 Å². The summed E-state index contributed by atoms with van der Waals surface area (Å²) in [5, 5.41) is 0. The van der Waals surface area contributed by atoms with E-state index >= 15 is 0 Å². The molecule has 2 aromatic carbocycles. The van der Waals surface area contributed by atoms with Gasteiger partial charge >= 0.3 is 0 Å². The van der Waals surface area contributed by atoms with E-state index in [2.05, 4.69) is 42.5 Å². The molecular weight excluding hydrogens is 194 g/mol. The van der Waals surface area contributed by atoms with Crippen LogP contribution in [-0.2, 0) is 0 Å². The van der Waals surface area contributed by atoms with Crippen LogP contribution in [0.2, 0.25) is 0 Å². The molecule has 2 atom stereocenters. The monoisotopic (exact) mass is 209 g/mol. The highest BCUT2D eigenvalue weighted by molar-refractivity contribution is 5.43. The van der Waals surface area contributed by atoms with Gasteiger partial charge in [0.15, 0.2) is 0 Å². The smallest absolute Gasteiger partial charge is 0.0314 e. The maximum Gasteiger partial charge on any atom is 0.0314 e. The lowest BCUT2D eigenvalue weighted by Gasteiger charge is -2.01. The van der Waals surface area contributed by atoms with Crippen LogP contribution in [0, 0.1) is 0 Å². The van der Waals surface area contributed by atoms with Crippen LogP contribution in [0.15, 0.2) is 54.6 Å². The lowest BCUT2D eigenvalue weighted by molar-refractivity contribution is 1.03. The largest absolute Gasteiger partial charge is 0.399 e. The van der Waals surface area contributed by atoms with Crippen molar-refractivity contribution in [3.63, 3.8) is 0 Å². The topological polar surface area (TPSA) is 26.0 Å². The molecule has 0 aromatic heterocycles. The number of nitrogen functional groups attached to an aromatic ring is 1. The molecule has 0 radical (unpaired) electrons. The van der Waals surface area contributed by atoms with Crippen LogP contribution in [0.1, 0.15) is 29.4 Å². The van der Waals surface area contributed by atoms with Crippen molar-refractivity contribution in [1.82, 2.24) is 0 Å². The number of benzene rings is 2. The van der Waals surface area contributed by atoms with Crippen LogP contribution in [0.25, 0.3) is 0 Å². The summed E-state index contributed by atoms with van der Waals surface area (Å²) in [6.07, 6.45) is 1.27. The molecule has 0 heterocycles. The number of rotatable bonds is 2. The molecule has 1 nitrogen and oxygen atoms in total. The summed E-state index contributed by atoms with van der Waals surface area (Å²) in [7, 11) is 0. The highest BCUT2D eigenvalue weighted by Gasteiger charge is 2.38. The van der Waals surface area contributed by atoms with E-state index < -0.39 is 0 Å². The fourth-order valence-electron chi connectivity index (χ4n) is 2.38. The molecule has 1 aliphatic carbocycles. The lowest BCUT2D eigenvalue weighted by atomic mass is 10.0. The molecule has 0 aliphatic heterocycles. The Balaban J connectivity index is 1.79. The molecule has 1 aliphatic rings. The van der Waals surface area contributed by atoms with Crippen molar-refractivity contribution in [2.45, 2.75) is 18.3 Å². The van der Waals surface area contributed by atoms with Gasteiger partial charge in [0.2, 0.25) is 0 Å². The van der Waals surface area contributed by atoms with Crippen molar-refractivity contribution in [3.8, 4) is 0 Å². The van der Waals surface area contributed by atoms with Gasteiger partial charge in [0.1, 0.15) is 0 Å². The second kappa shape index (κ2) is 3.67. The van der Waals surface area contributed by atoms with Gasteiger partial charge in [0.05, 0.1) is 0 Å². The first kappa shape index (κ1) is 9.46. The predicted octanol–water partition coefficient (Wildman–Crippen LogP) is 3.54. The molecule has 3 rings (SSSR count). The van der Waals surface area contributed by atoms with Gasteiger partial charge < -0.3 is 5.73 Å². The maximum absolute atomic E-state index is 5.69. The average molecular weight is 209 g/mol. The van der Waals surface area contributed by atoms with E-state index in [1.807, 2.05) is 12.1 Å². The van der Waals surface area contributed by atoms with Crippen molar-refractivity contribution in [2.24, 2.45) is 0 Å². The van der Waals surface area contributed by atoms with E-state index in [-0.39, 0.29) is 0 Å². The van der Waals surface area contributed by atoms with E-state index in [1.54, 1.807) is 0 Å².